The maximum absolute atomic E-state index is 11.7. The van der Waals surface area contributed by atoms with Crippen LogP contribution < -0.4 is 9.46 Å². The second kappa shape index (κ2) is 5.67. The smallest absolute Gasteiger partial charge is 0.264 e. The number of sulfonamides is 1. The minimum atomic E-state index is -3.54. The molecule has 1 aromatic rings. The average molecular weight is 257 g/mol. The van der Waals surface area contributed by atoms with E-state index in [1.54, 1.807) is 19.1 Å². The monoisotopic (exact) mass is 257 g/mol. The van der Waals surface area contributed by atoms with Crippen molar-refractivity contribution in [2.45, 2.75) is 13.3 Å². The zero-order chi connectivity index (χ0) is 12.9. The Bertz CT molecular complexity index is 496. The standard InChI is InChI=1S/C11H15NO4S/c1-3-7-17(14,15)12-11(13)9-5-4-6-10(8-9)16-2/h4-6,8H,3,7H2,1-2H3,(H,12,13). The van der Waals surface area contributed by atoms with Gasteiger partial charge in [0.05, 0.1) is 12.9 Å². The van der Waals surface area contributed by atoms with Crippen molar-refractivity contribution in [1.29, 1.82) is 0 Å². The lowest BCUT2D eigenvalue weighted by Gasteiger charge is -2.06. The largest absolute Gasteiger partial charge is 0.497 e. The SMILES string of the molecule is CCCS(=O)(=O)NC(=O)c1cccc(OC)c1. The number of carbonyl (C=O) groups excluding carboxylic acids is 1. The Kier molecular flexibility index (Phi) is 4.51. The summed E-state index contributed by atoms with van der Waals surface area (Å²) in [6, 6.07) is 6.31. The Morgan fingerprint density at radius 2 is 2.12 bits per heavy atom. The molecule has 0 heterocycles. The van der Waals surface area contributed by atoms with Gasteiger partial charge in [-0.25, -0.2) is 13.1 Å². The van der Waals surface area contributed by atoms with E-state index < -0.39 is 15.9 Å². The molecule has 1 aromatic carbocycles. The van der Waals surface area contributed by atoms with Crippen molar-refractivity contribution in [2.24, 2.45) is 0 Å². The molecule has 0 aliphatic rings. The van der Waals surface area contributed by atoms with Gasteiger partial charge in [0, 0.05) is 5.56 Å². The van der Waals surface area contributed by atoms with Crippen LogP contribution in [0.4, 0.5) is 0 Å². The molecule has 0 atom stereocenters. The fraction of sp³-hybridized carbons (Fsp3) is 0.364. The molecular weight excluding hydrogens is 242 g/mol. The number of hydrogen-bond acceptors (Lipinski definition) is 4. The third kappa shape index (κ3) is 4.07. The summed E-state index contributed by atoms with van der Waals surface area (Å²) in [5.41, 5.74) is 0.254. The van der Waals surface area contributed by atoms with E-state index in [9.17, 15) is 13.2 Å². The summed E-state index contributed by atoms with van der Waals surface area (Å²) in [7, 11) is -2.06. The molecule has 1 rings (SSSR count). The van der Waals surface area contributed by atoms with Gasteiger partial charge in [-0.1, -0.05) is 13.0 Å². The first-order valence-electron chi connectivity index (χ1n) is 5.17. The molecule has 0 aromatic heterocycles. The summed E-state index contributed by atoms with van der Waals surface area (Å²) in [5.74, 6) is -0.203. The molecular formula is C11H15NO4S. The minimum Gasteiger partial charge on any atom is -0.497 e. The van der Waals surface area contributed by atoms with Crippen LogP contribution in [-0.2, 0) is 10.0 Å². The van der Waals surface area contributed by atoms with E-state index in [0.29, 0.717) is 12.2 Å². The Morgan fingerprint density at radius 1 is 1.41 bits per heavy atom. The van der Waals surface area contributed by atoms with Crippen molar-refractivity contribution in [3.63, 3.8) is 0 Å². The third-order valence-electron chi connectivity index (χ3n) is 2.05. The normalized spacial score (nSPS) is 10.9. The van der Waals surface area contributed by atoms with E-state index in [4.69, 9.17) is 4.74 Å². The fourth-order valence-corrected chi connectivity index (χ4v) is 2.32. The number of carbonyl (C=O) groups is 1. The number of ether oxygens (including phenoxy) is 1. The molecule has 17 heavy (non-hydrogen) atoms. The Hall–Kier alpha value is -1.56. The first-order valence-corrected chi connectivity index (χ1v) is 6.82. The van der Waals surface area contributed by atoms with Gasteiger partial charge in [0.25, 0.3) is 5.91 Å². The van der Waals surface area contributed by atoms with Crippen LogP contribution in [0.1, 0.15) is 23.7 Å². The van der Waals surface area contributed by atoms with Crippen molar-refractivity contribution in [1.82, 2.24) is 4.72 Å². The van der Waals surface area contributed by atoms with Crippen molar-refractivity contribution in [3.05, 3.63) is 29.8 Å². The number of nitrogens with one attached hydrogen (secondary N) is 1. The van der Waals surface area contributed by atoms with Crippen molar-refractivity contribution < 1.29 is 17.9 Å². The quantitative estimate of drug-likeness (QED) is 0.859. The molecule has 0 radical (unpaired) electrons. The van der Waals surface area contributed by atoms with Crippen LogP contribution in [0.5, 0.6) is 5.75 Å². The Morgan fingerprint density at radius 3 is 2.71 bits per heavy atom. The highest BCUT2D eigenvalue weighted by molar-refractivity contribution is 7.90. The molecule has 1 N–H and O–H groups in total. The fourth-order valence-electron chi connectivity index (χ4n) is 1.28. The highest BCUT2D eigenvalue weighted by Crippen LogP contribution is 2.12. The molecule has 0 saturated carbocycles. The van der Waals surface area contributed by atoms with Crippen LogP contribution in [0, 0.1) is 0 Å². The molecule has 0 aliphatic heterocycles. The van der Waals surface area contributed by atoms with E-state index in [1.807, 2.05) is 4.72 Å². The predicted molar refractivity (Wildman–Crippen MR) is 64.5 cm³/mol. The molecule has 94 valence electrons. The van der Waals surface area contributed by atoms with Gasteiger partial charge in [-0.3, -0.25) is 4.79 Å². The number of benzene rings is 1. The summed E-state index contributed by atoms with van der Waals surface area (Å²) in [6.07, 6.45) is 0.459. The molecule has 0 aliphatic carbocycles. The van der Waals surface area contributed by atoms with Crippen LogP contribution in [0.2, 0.25) is 0 Å². The van der Waals surface area contributed by atoms with Crippen LogP contribution in [0.3, 0.4) is 0 Å². The van der Waals surface area contributed by atoms with Gasteiger partial charge in [0.15, 0.2) is 0 Å². The molecule has 0 unspecified atom stereocenters. The van der Waals surface area contributed by atoms with Gasteiger partial charge in [0.2, 0.25) is 10.0 Å². The Balaban J connectivity index is 2.83. The first-order chi connectivity index (χ1) is 7.98. The summed E-state index contributed by atoms with van der Waals surface area (Å²) >= 11 is 0. The zero-order valence-electron chi connectivity index (χ0n) is 9.76. The van der Waals surface area contributed by atoms with E-state index in [1.165, 1.54) is 19.2 Å². The van der Waals surface area contributed by atoms with Crippen LogP contribution in [0.15, 0.2) is 24.3 Å². The maximum atomic E-state index is 11.7. The molecule has 0 fully saturated rings. The summed E-state index contributed by atoms with van der Waals surface area (Å²) in [6.45, 7) is 1.73. The summed E-state index contributed by atoms with van der Waals surface area (Å²) in [5, 5.41) is 0. The zero-order valence-corrected chi connectivity index (χ0v) is 10.6. The highest BCUT2D eigenvalue weighted by Gasteiger charge is 2.15. The maximum Gasteiger partial charge on any atom is 0.264 e. The topological polar surface area (TPSA) is 72.5 Å². The number of hydrogen-bond donors (Lipinski definition) is 1. The second-order valence-electron chi connectivity index (χ2n) is 3.48. The van der Waals surface area contributed by atoms with Gasteiger partial charge in [0.1, 0.15) is 5.75 Å². The number of rotatable bonds is 5. The molecule has 5 nitrogen and oxygen atoms in total. The molecule has 0 bridgehead atoms. The van der Waals surface area contributed by atoms with E-state index in [0.717, 1.165) is 0 Å². The second-order valence-corrected chi connectivity index (χ2v) is 5.32. The Labute approximate surface area is 101 Å². The first kappa shape index (κ1) is 13.5. The number of methoxy groups -OCH3 is 1. The van der Waals surface area contributed by atoms with Crippen LogP contribution in [-0.4, -0.2) is 27.2 Å². The predicted octanol–water partition coefficient (Wildman–Crippen LogP) is 1.16. The minimum absolute atomic E-state index is 0.0668. The van der Waals surface area contributed by atoms with Gasteiger partial charge in [-0.2, -0.15) is 0 Å². The molecule has 6 heteroatoms. The van der Waals surface area contributed by atoms with Crippen molar-refractivity contribution in [3.8, 4) is 5.75 Å². The highest BCUT2D eigenvalue weighted by atomic mass is 32.2. The molecule has 0 saturated heterocycles. The summed E-state index contributed by atoms with van der Waals surface area (Å²) < 4.78 is 29.8. The van der Waals surface area contributed by atoms with Gasteiger partial charge >= 0.3 is 0 Å². The molecule has 1 amide bonds. The van der Waals surface area contributed by atoms with E-state index in [-0.39, 0.29) is 11.3 Å². The van der Waals surface area contributed by atoms with Crippen LogP contribution in [0.25, 0.3) is 0 Å². The van der Waals surface area contributed by atoms with Gasteiger partial charge in [-0.05, 0) is 24.6 Å². The third-order valence-corrected chi connectivity index (χ3v) is 3.50. The molecule has 0 spiro atoms. The van der Waals surface area contributed by atoms with Gasteiger partial charge in [-0.15, -0.1) is 0 Å². The van der Waals surface area contributed by atoms with E-state index in [2.05, 4.69) is 0 Å². The average Bonchev–Trinajstić information content (AvgIpc) is 2.28. The van der Waals surface area contributed by atoms with Crippen LogP contribution >= 0.6 is 0 Å². The van der Waals surface area contributed by atoms with E-state index >= 15 is 0 Å². The lowest BCUT2D eigenvalue weighted by atomic mass is 10.2. The lowest BCUT2D eigenvalue weighted by Crippen LogP contribution is -2.32. The summed E-state index contributed by atoms with van der Waals surface area (Å²) in [4.78, 5) is 11.7. The van der Waals surface area contributed by atoms with Gasteiger partial charge < -0.3 is 4.74 Å². The van der Waals surface area contributed by atoms with Crippen molar-refractivity contribution >= 4 is 15.9 Å². The van der Waals surface area contributed by atoms with Crippen molar-refractivity contribution in [2.75, 3.05) is 12.9 Å². The lowest BCUT2D eigenvalue weighted by molar-refractivity contribution is 0.0981. The number of amides is 1.